The second-order valence-corrected chi connectivity index (χ2v) is 8.39. The lowest BCUT2D eigenvalue weighted by molar-refractivity contribution is -0.0504. The zero-order valence-corrected chi connectivity index (χ0v) is 18.1. The molecule has 0 radical (unpaired) electrons. The topological polar surface area (TPSA) is 80.8 Å². The highest BCUT2D eigenvalue weighted by Crippen LogP contribution is 2.20. The predicted molar refractivity (Wildman–Crippen MR) is 109 cm³/mol. The molecule has 0 aliphatic rings. The molecule has 2 rings (SSSR count). The van der Waals surface area contributed by atoms with Crippen LogP contribution in [-0.2, 0) is 17.7 Å². The second kappa shape index (κ2) is 10.3. The van der Waals surface area contributed by atoms with Crippen LogP contribution in [0.1, 0.15) is 41.8 Å². The van der Waals surface area contributed by atoms with Gasteiger partial charge in [-0.25, -0.2) is 9.78 Å². The molecule has 0 saturated heterocycles. The van der Waals surface area contributed by atoms with Crippen LogP contribution in [-0.4, -0.2) is 47.7 Å². The lowest BCUT2D eigenvalue weighted by atomic mass is 10.2. The number of benzene rings is 1. The molecule has 1 aromatic heterocycles. The van der Waals surface area contributed by atoms with Crippen LogP contribution in [0.15, 0.2) is 29.6 Å². The summed E-state index contributed by atoms with van der Waals surface area (Å²) >= 11 is 1.30. The quantitative estimate of drug-likeness (QED) is 0.668. The first-order chi connectivity index (χ1) is 14.0. The summed E-state index contributed by atoms with van der Waals surface area (Å²) in [7, 11) is 1.63. The molecule has 0 atom stereocenters. The van der Waals surface area contributed by atoms with E-state index in [1.54, 1.807) is 51.4 Å². The van der Waals surface area contributed by atoms with Crippen LogP contribution < -0.4 is 10.1 Å². The van der Waals surface area contributed by atoms with E-state index < -0.39 is 24.2 Å². The van der Waals surface area contributed by atoms with Gasteiger partial charge in [0.15, 0.2) is 0 Å². The summed E-state index contributed by atoms with van der Waals surface area (Å²) < 4.78 is 34.7. The number of halogens is 2. The van der Waals surface area contributed by atoms with E-state index in [-0.39, 0.29) is 18.0 Å². The van der Waals surface area contributed by atoms with E-state index in [1.165, 1.54) is 22.3 Å². The Morgan fingerprint density at radius 3 is 2.63 bits per heavy atom. The molecule has 1 N–H and O–H groups in total. The fourth-order valence-corrected chi connectivity index (χ4v) is 3.12. The number of carbonyl (C=O) groups is 2. The first-order valence-electron chi connectivity index (χ1n) is 9.24. The maximum atomic E-state index is 12.5. The minimum atomic E-state index is -2.94. The number of carbonyl (C=O) groups excluding carboxylic acids is 2. The van der Waals surface area contributed by atoms with Crippen LogP contribution in [0.3, 0.4) is 0 Å². The van der Waals surface area contributed by atoms with Crippen molar-refractivity contribution in [3.63, 3.8) is 0 Å². The van der Waals surface area contributed by atoms with Crippen molar-refractivity contribution < 1.29 is 27.8 Å². The van der Waals surface area contributed by atoms with E-state index in [4.69, 9.17) is 4.74 Å². The zero-order valence-electron chi connectivity index (χ0n) is 17.3. The normalized spacial score (nSPS) is 11.3. The summed E-state index contributed by atoms with van der Waals surface area (Å²) in [5.74, 6) is -0.415. The smallest absolute Gasteiger partial charge is 0.410 e. The van der Waals surface area contributed by atoms with E-state index >= 15 is 0 Å². The Hall–Kier alpha value is -2.75. The average Bonchev–Trinajstić information content (AvgIpc) is 3.12. The SMILES string of the molecule is CN(CCc1nc(C(=O)NCc2ccccc2OC(F)F)cs1)C(=O)OC(C)(C)C. The molecule has 0 aliphatic heterocycles. The van der Waals surface area contributed by atoms with E-state index in [9.17, 15) is 18.4 Å². The molecular weight excluding hydrogens is 416 g/mol. The first kappa shape index (κ1) is 23.5. The van der Waals surface area contributed by atoms with Crippen molar-refractivity contribution in [2.24, 2.45) is 0 Å². The minimum absolute atomic E-state index is 0.0111. The van der Waals surface area contributed by atoms with Gasteiger partial charge in [0.05, 0.1) is 5.01 Å². The number of nitrogens with one attached hydrogen (secondary N) is 1. The van der Waals surface area contributed by atoms with Gasteiger partial charge in [-0.1, -0.05) is 18.2 Å². The highest BCUT2D eigenvalue weighted by atomic mass is 32.1. The van der Waals surface area contributed by atoms with Gasteiger partial charge in [-0.05, 0) is 26.8 Å². The maximum Gasteiger partial charge on any atom is 0.410 e. The van der Waals surface area contributed by atoms with Crippen LogP contribution in [0.4, 0.5) is 13.6 Å². The van der Waals surface area contributed by atoms with E-state index in [2.05, 4.69) is 15.0 Å². The monoisotopic (exact) mass is 441 g/mol. The van der Waals surface area contributed by atoms with E-state index in [1.807, 2.05) is 0 Å². The number of nitrogens with zero attached hydrogens (tertiary/aromatic N) is 2. The number of ether oxygens (including phenoxy) is 2. The minimum Gasteiger partial charge on any atom is -0.444 e. The number of likely N-dealkylation sites (N-methyl/N-ethyl adjacent to an activating group) is 1. The van der Waals surface area contributed by atoms with Crippen molar-refractivity contribution in [1.29, 1.82) is 0 Å². The Labute approximate surface area is 178 Å². The van der Waals surface area contributed by atoms with Crippen molar-refractivity contribution in [3.05, 3.63) is 45.9 Å². The van der Waals surface area contributed by atoms with Crippen molar-refractivity contribution in [2.45, 2.75) is 45.9 Å². The number of amides is 2. The molecule has 10 heteroatoms. The highest BCUT2D eigenvalue weighted by molar-refractivity contribution is 7.09. The molecule has 0 aliphatic carbocycles. The summed E-state index contributed by atoms with van der Waals surface area (Å²) in [6.07, 6.45) is 0.0420. The first-order valence-corrected chi connectivity index (χ1v) is 10.1. The van der Waals surface area contributed by atoms with Gasteiger partial charge >= 0.3 is 12.7 Å². The van der Waals surface area contributed by atoms with Crippen molar-refractivity contribution in [3.8, 4) is 5.75 Å². The average molecular weight is 442 g/mol. The number of para-hydroxylation sites is 1. The number of aromatic nitrogens is 1. The van der Waals surface area contributed by atoms with Crippen molar-refractivity contribution in [1.82, 2.24) is 15.2 Å². The van der Waals surface area contributed by atoms with Crippen molar-refractivity contribution in [2.75, 3.05) is 13.6 Å². The number of thiazole rings is 1. The summed E-state index contributed by atoms with van der Waals surface area (Å²) in [6, 6.07) is 6.25. The molecule has 0 bridgehead atoms. The van der Waals surface area contributed by atoms with Crippen LogP contribution in [0.5, 0.6) is 5.75 Å². The predicted octanol–water partition coefficient (Wildman–Crippen LogP) is 4.08. The van der Waals surface area contributed by atoms with Gasteiger partial charge in [0.2, 0.25) is 0 Å². The van der Waals surface area contributed by atoms with Gasteiger partial charge in [-0.15, -0.1) is 11.3 Å². The molecule has 2 aromatic rings. The van der Waals surface area contributed by atoms with Crippen LogP contribution in [0.25, 0.3) is 0 Å². The molecule has 0 spiro atoms. The van der Waals surface area contributed by atoms with Crippen LogP contribution in [0.2, 0.25) is 0 Å². The third kappa shape index (κ3) is 7.58. The fourth-order valence-electron chi connectivity index (χ4n) is 2.35. The van der Waals surface area contributed by atoms with Gasteiger partial charge in [-0.3, -0.25) is 4.79 Å². The molecule has 1 heterocycles. The Kier molecular flexibility index (Phi) is 8.10. The van der Waals surface area contributed by atoms with E-state index in [0.717, 1.165) is 0 Å². The highest BCUT2D eigenvalue weighted by Gasteiger charge is 2.20. The number of hydrogen-bond donors (Lipinski definition) is 1. The number of rotatable bonds is 8. The summed E-state index contributed by atoms with van der Waals surface area (Å²) in [5, 5.41) is 4.95. The molecule has 7 nitrogen and oxygen atoms in total. The lowest BCUT2D eigenvalue weighted by Crippen LogP contribution is -2.35. The van der Waals surface area contributed by atoms with Crippen LogP contribution in [0, 0.1) is 0 Å². The second-order valence-electron chi connectivity index (χ2n) is 7.45. The molecule has 0 saturated carbocycles. The Morgan fingerprint density at radius 1 is 1.27 bits per heavy atom. The molecular formula is C20H25F2N3O4S. The lowest BCUT2D eigenvalue weighted by Gasteiger charge is -2.24. The fraction of sp³-hybridized carbons (Fsp3) is 0.450. The Balaban J connectivity index is 1.87. The molecule has 0 fully saturated rings. The maximum absolute atomic E-state index is 12.5. The standard InChI is InChI=1S/C20H25F2N3O4S/c1-20(2,3)29-19(27)25(4)10-9-16-24-14(12-30-16)17(26)23-11-13-7-5-6-8-15(13)28-18(21)22/h5-8,12,18H,9-11H2,1-4H3,(H,23,26). The summed E-state index contributed by atoms with van der Waals surface area (Å²) in [4.78, 5) is 30.0. The van der Waals surface area contributed by atoms with Gasteiger partial charge < -0.3 is 19.7 Å². The number of hydrogen-bond acceptors (Lipinski definition) is 6. The largest absolute Gasteiger partial charge is 0.444 e. The van der Waals surface area contributed by atoms with Gasteiger partial charge in [0.1, 0.15) is 17.0 Å². The van der Waals surface area contributed by atoms with E-state index in [0.29, 0.717) is 23.5 Å². The van der Waals surface area contributed by atoms with Crippen LogP contribution >= 0.6 is 11.3 Å². The molecule has 2 amide bonds. The Bertz CT molecular complexity index is 868. The summed E-state index contributed by atoms with van der Waals surface area (Å²) in [6.45, 7) is 2.85. The number of alkyl halides is 2. The summed E-state index contributed by atoms with van der Waals surface area (Å²) in [5.41, 5.74) is 0.0827. The molecule has 0 unspecified atom stereocenters. The zero-order chi connectivity index (χ0) is 22.3. The third-order valence-corrected chi connectivity index (χ3v) is 4.69. The van der Waals surface area contributed by atoms with Gasteiger partial charge in [-0.2, -0.15) is 8.78 Å². The van der Waals surface area contributed by atoms with Gasteiger partial charge in [0.25, 0.3) is 5.91 Å². The Morgan fingerprint density at radius 2 is 1.97 bits per heavy atom. The molecule has 1 aromatic carbocycles. The third-order valence-electron chi connectivity index (χ3n) is 3.78. The van der Waals surface area contributed by atoms with Crippen molar-refractivity contribution >= 4 is 23.3 Å². The molecule has 30 heavy (non-hydrogen) atoms. The molecule has 164 valence electrons. The van der Waals surface area contributed by atoms with Gasteiger partial charge in [0, 0.05) is 37.5 Å².